The fourth-order valence-corrected chi connectivity index (χ4v) is 2.96. The monoisotopic (exact) mass is 283 g/mol. The number of benzene rings is 2. The van der Waals surface area contributed by atoms with Gasteiger partial charge in [0, 0.05) is 19.0 Å². The van der Waals surface area contributed by atoms with Gasteiger partial charge in [0.25, 0.3) is 0 Å². The zero-order chi connectivity index (χ0) is 14.5. The van der Waals surface area contributed by atoms with E-state index in [0.29, 0.717) is 6.61 Å². The molecule has 0 aliphatic carbocycles. The van der Waals surface area contributed by atoms with Gasteiger partial charge >= 0.3 is 0 Å². The van der Waals surface area contributed by atoms with Crippen LogP contribution in [-0.4, -0.2) is 37.4 Å². The number of nitrogens with zero attached hydrogens (tertiary/aromatic N) is 1. The molecule has 0 saturated carbocycles. The molecule has 0 bridgehead atoms. The van der Waals surface area contributed by atoms with Gasteiger partial charge < -0.3 is 9.53 Å². The van der Waals surface area contributed by atoms with E-state index in [1.54, 1.807) is 0 Å². The van der Waals surface area contributed by atoms with Crippen molar-refractivity contribution >= 4 is 17.1 Å². The van der Waals surface area contributed by atoms with Crippen LogP contribution in [0.25, 0.3) is 10.8 Å². The van der Waals surface area contributed by atoms with E-state index < -0.39 is 0 Å². The number of carbonyl (C=O) groups excluding carboxylic acids is 1. The first-order chi connectivity index (χ1) is 10.3. The van der Waals surface area contributed by atoms with Gasteiger partial charge in [0.15, 0.2) is 0 Å². The standard InChI is InChI=1S/C18H21NO2/c20-14-15-4-3-9-19(13-15)10-11-21-18-8-7-16-5-1-2-6-17(16)12-18/h1-2,5-8,12,14-15H,3-4,9-11,13H2. The van der Waals surface area contributed by atoms with Gasteiger partial charge in [0.05, 0.1) is 0 Å². The summed E-state index contributed by atoms with van der Waals surface area (Å²) in [5, 5.41) is 2.43. The van der Waals surface area contributed by atoms with Crippen molar-refractivity contribution in [3.8, 4) is 5.75 Å². The summed E-state index contributed by atoms with van der Waals surface area (Å²) >= 11 is 0. The summed E-state index contributed by atoms with van der Waals surface area (Å²) in [4.78, 5) is 13.2. The molecule has 3 rings (SSSR count). The summed E-state index contributed by atoms with van der Waals surface area (Å²) < 4.78 is 5.86. The Morgan fingerprint density at radius 1 is 1.19 bits per heavy atom. The third kappa shape index (κ3) is 3.61. The molecule has 0 N–H and O–H groups in total. The Hall–Kier alpha value is -1.87. The SMILES string of the molecule is O=CC1CCCN(CCOc2ccc3ccccc3c2)C1. The molecule has 1 heterocycles. The normalized spacial score (nSPS) is 19.5. The lowest BCUT2D eigenvalue weighted by Crippen LogP contribution is -2.38. The van der Waals surface area contributed by atoms with Gasteiger partial charge in [0.1, 0.15) is 18.6 Å². The second kappa shape index (κ2) is 6.72. The molecule has 0 radical (unpaired) electrons. The minimum Gasteiger partial charge on any atom is -0.492 e. The van der Waals surface area contributed by atoms with Crippen LogP contribution in [0, 0.1) is 5.92 Å². The molecule has 3 nitrogen and oxygen atoms in total. The van der Waals surface area contributed by atoms with E-state index in [2.05, 4.69) is 29.2 Å². The van der Waals surface area contributed by atoms with Crippen molar-refractivity contribution in [2.45, 2.75) is 12.8 Å². The van der Waals surface area contributed by atoms with Crippen molar-refractivity contribution in [3.63, 3.8) is 0 Å². The molecule has 21 heavy (non-hydrogen) atoms. The largest absolute Gasteiger partial charge is 0.492 e. The molecule has 0 amide bonds. The number of piperidine rings is 1. The van der Waals surface area contributed by atoms with Crippen LogP contribution in [0.3, 0.4) is 0 Å². The van der Waals surface area contributed by atoms with Gasteiger partial charge in [-0.15, -0.1) is 0 Å². The van der Waals surface area contributed by atoms with E-state index in [9.17, 15) is 4.79 Å². The van der Waals surface area contributed by atoms with Crippen LogP contribution in [0.5, 0.6) is 5.75 Å². The lowest BCUT2D eigenvalue weighted by Gasteiger charge is -2.29. The minimum atomic E-state index is 0.208. The van der Waals surface area contributed by atoms with Crippen LogP contribution in [0.1, 0.15) is 12.8 Å². The number of hydrogen-bond donors (Lipinski definition) is 0. The van der Waals surface area contributed by atoms with Crippen molar-refractivity contribution < 1.29 is 9.53 Å². The average molecular weight is 283 g/mol. The highest BCUT2D eigenvalue weighted by atomic mass is 16.5. The van der Waals surface area contributed by atoms with Crippen molar-refractivity contribution in [2.24, 2.45) is 5.92 Å². The smallest absolute Gasteiger partial charge is 0.124 e. The van der Waals surface area contributed by atoms with E-state index in [4.69, 9.17) is 4.74 Å². The van der Waals surface area contributed by atoms with Gasteiger partial charge in [-0.05, 0) is 42.3 Å². The highest BCUT2D eigenvalue weighted by molar-refractivity contribution is 5.83. The Morgan fingerprint density at radius 2 is 2.05 bits per heavy atom. The van der Waals surface area contributed by atoms with Crippen molar-refractivity contribution in [3.05, 3.63) is 42.5 Å². The van der Waals surface area contributed by atoms with Gasteiger partial charge in [0.2, 0.25) is 0 Å². The number of hydrogen-bond acceptors (Lipinski definition) is 3. The number of likely N-dealkylation sites (tertiary alicyclic amines) is 1. The van der Waals surface area contributed by atoms with Crippen molar-refractivity contribution in [2.75, 3.05) is 26.2 Å². The summed E-state index contributed by atoms with van der Waals surface area (Å²) in [5.74, 6) is 1.12. The lowest BCUT2D eigenvalue weighted by molar-refractivity contribution is -0.112. The molecule has 0 aromatic heterocycles. The Bertz CT molecular complexity index is 611. The van der Waals surface area contributed by atoms with Crippen LogP contribution in [-0.2, 0) is 4.79 Å². The molecule has 2 aromatic rings. The fourth-order valence-electron chi connectivity index (χ4n) is 2.96. The third-order valence-electron chi connectivity index (χ3n) is 4.13. The van der Waals surface area contributed by atoms with Crippen LogP contribution in [0.2, 0.25) is 0 Å². The molecular weight excluding hydrogens is 262 g/mol. The highest BCUT2D eigenvalue weighted by Gasteiger charge is 2.18. The predicted molar refractivity (Wildman–Crippen MR) is 84.7 cm³/mol. The summed E-state index contributed by atoms with van der Waals surface area (Å²) in [6.45, 7) is 3.51. The fraction of sp³-hybridized carbons (Fsp3) is 0.389. The Kier molecular flexibility index (Phi) is 4.51. The summed E-state index contributed by atoms with van der Waals surface area (Å²) in [6.07, 6.45) is 3.24. The Labute approximate surface area is 125 Å². The first-order valence-electron chi connectivity index (χ1n) is 7.64. The minimum absolute atomic E-state index is 0.208. The lowest BCUT2D eigenvalue weighted by atomic mass is 10.00. The molecule has 1 saturated heterocycles. The van der Waals surface area contributed by atoms with Gasteiger partial charge in [-0.3, -0.25) is 4.90 Å². The van der Waals surface area contributed by atoms with E-state index >= 15 is 0 Å². The number of carbonyl (C=O) groups is 1. The molecule has 1 fully saturated rings. The molecule has 1 atom stereocenters. The molecule has 0 spiro atoms. The van der Waals surface area contributed by atoms with Crippen LogP contribution >= 0.6 is 0 Å². The molecule has 110 valence electrons. The molecule has 1 aliphatic heterocycles. The van der Waals surface area contributed by atoms with Crippen molar-refractivity contribution in [1.82, 2.24) is 4.90 Å². The topological polar surface area (TPSA) is 29.5 Å². The van der Waals surface area contributed by atoms with Crippen LogP contribution < -0.4 is 4.74 Å². The molecule has 3 heteroatoms. The summed E-state index contributed by atoms with van der Waals surface area (Å²) in [7, 11) is 0. The average Bonchev–Trinajstić information content (AvgIpc) is 2.55. The first-order valence-corrected chi connectivity index (χ1v) is 7.64. The van der Waals surface area contributed by atoms with E-state index in [1.807, 2.05) is 18.2 Å². The second-order valence-electron chi connectivity index (χ2n) is 5.70. The van der Waals surface area contributed by atoms with Crippen LogP contribution in [0.15, 0.2) is 42.5 Å². The maximum atomic E-state index is 10.9. The number of fused-ring (bicyclic) bond motifs is 1. The quantitative estimate of drug-likeness (QED) is 0.790. The predicted octanol–water partition coefficient (Wildman–Crippen LogP) is 3.13. The number of aldehydes is 1. The molecule has 1 aliphatic rings. The molecular formula is C18H21NO2. The van der Waals surface area contributed by atoms with Gasteiger partial charge in [-0.2, -0.15) is 0 Å². The Balaban J connectivity index is 1.53. The maximum absolute atomic E-state index is 10.9. The number of ether oxygens (including phenoxy) is 1. The second-order valence-corrected chi connectivity index (χ2v) is 5.70. The molecule has 1 unspecified atom stereocenters. The van der Waals surface area contributed by atoms with Gasteiger partial charge in [-0.25, -0.2) is 0 Å². The van der Waals surface area contributed by atoms with E-state index in [1.165, 1.54) is 10.8 Å². The zero-order valence-electron chi connectivity index (χ0n) is 12.2. The summed E-state index contributed by atoms with van der Waals surface area (Å²) in [5.41, 5.74) is 0. The highest BCUT2D eigenvalue weighted by Crippen LogP contribution is 2.20. The zero-order valence-corrected chi connectivity index (χ0v) is 12.2. The third-order valence-corrected chi connectivity index (χ3v) is 4.13. The van der Waals surface area contributed by atoms with Gasteiger partial charge in [-0.1, -0.05) is 30.3 Å². The first kappa shape index (κ1) is 14.1. The van der Waals surface area contributed by atoms with Crippen LogP contribution in [0.4, 0.5) is 0 Å². The van der Waals surface area contributed by atoms with E-state index in [-0.39, 0.29) is 5.92 Å². The summed E-state index contributed by atoms with van der Waals surface area (Å²) in [6, 6.07) is 14.5. The Morgan fingerprint density at radius 3 is 2.90 bits per heavy atom. The van der Waals surface area contributed by atoms with Crippen molar-refractivity contribution in [1.29, 1.82) is 0 Å². The molecule has 2 aromatic carbocycles. The maximum Gasteiger partial charge on any atom is 0.124 e. The van der Waals surface area contributed by atoms with E-state index in [0.717, 1.165) is 44.5 Å². The number of rotatable bonds is 5.